The number of aryl methyl sites for hydroxylation is 1. The molecular weight excluding hydrogens is 202 g/mol. The number of nitrogens with zero attached hydrogens (tertiary/aromatic N) is 2. The molecule has 0 saturated carbocycles. The summed E-state index contributed by atoms with van der Waals surface area (Å²) in [4.78, 5) is 8.50. The molecule has 1 rings (SSSR count). The van der Waals surface area contributed by atoms with Crippen molar-refractivity contribution in [3.8, 4) is 6.01 Å². The first-order chi connectivity index (χ1) is 7.77. The summed E-state index contributed by atoms with van der Waals surface area (Å²) >= 11 is 0. The average Bonchev–Trinajstić information content (AvgIpc) is 2.28. The molecule has 0 aromatic carbocycles. The van der Waals surface area contributed by atoms with Crippen LogP contribution in [0.25, 0.3) is 0 Å². The maximum Gasteiger partial charge on any atom is 0.316 e. The van der Waals surface area contributed by atoms with Gasteiger partial charge in [0.15, 0.2) is 0 Å². The van der Waals surface area contributed by atoms with Crippen molar-refractivity contribution in [2.45, 2.75) is 39.7 Å². The van der Waals surface area contributed by atoms with Gasteiger partial charge in [0.1, 0.15) is 0 Å². The number of unbranched alkanes of at least 4 members (excludes halogenated alkanes) is 2. The third-order valence-electron chi connectivity index (χ3n) is 2.41. The Hall–Kier alpha value is -1.16. The van der Waals surface area contributed by atoms with E-state index in [2.05, 4.69) is 22.2 Å². The second-order valence-corrected chi connectivity index (χ2v) is 3.85. The van der Waals surface area contributed by atoms with E-state index in [1.807, 2.05) is 20.2 Å². The largest absolute Gasteiger partial charge is 0.463 e. The van der Waals surface area contributed by atoms with Crippen LogP contribution in [-0.4, -0.2) is 23.6 Å². The van der Waals surface area contributed by atoms with Gasteiger partial charge in [0.25, 0.3) is 0 Å². The number of ether oxygens (including phenoxy) is 1. The number of aromatic nitrogens is 2. The van der Waals surface area contributed by atoms with Crippen molar-refractivity contribution in [3.05, 3.63) is 17.5 Å². The minimum atomic E-state index is 0.494. The highest BCUT2D eigenvalue weighted by Crippen LogP contribution is 2.09. The Labute approximate surface area is 97.5 Å². The molecule has 0 saturated heterocycles. The molecule has 1 aromatic heterocycles. The summed E-state index contributed by atoms with van der Waals surface area (Å²) in [6, 6.07) is 0.494. The summed E-state index contributed by atoms with van der Waals surface area (Å²) in [6.45, 7) is 5.65. The van der Waals surface area contributed by atoms with Gasteiger partial charge in [-0.3, -0.25) is 0 Å². The molecule has 0 aliphatic rings. The number of hydrogen-bond donors (Lipinski definition) is 1. The summed E-state index contributed by atoms with van der Waals surface area (Å²) < 4.78 is 5.48. The third kappa shape index (κ3) is 4.14. The molecule has 0 aliphatic heterocycles. The molecule has 0 unspecified atom stereocenters. The first kappa shape index (κ1) is 12.9. The SMILES string of the molecule is CCCCCOc1ncc(CNC)c(C)n1. The summed E-state index contributed by atoms with van der Waals surface area (Å²) in [7, 11) is 1.91. The fourth-order valence-corrected chi connectivity index (χ4v) is 1.42. The Morgan fingerprint density at radius 1 is 1.38 bits per heavy atom. The van der Waals surface area contributed by atoms with Crippen molar-refractivity contribution in [2.75, 3.05) is 13.7 Å². The number of nitrogens with one attached hydrogen (secondary N) is 1. The topological polar surface area (TPSA) is 47.0 Å². The lowest BCUT2D eigenvalue weighted by molar-refractivity contribution is 0.281. The zero-order valence-electron chi connectivity index (χ0n) is 10.4. The summed E-state index contributed by atoms with van der Waals surface area (Å²) in [6.07, 6.45) is 5.28. The summed E-state index contributed by atoms with van der Waals surface area (Å²) in [5, 5.41) is 3.08. The van der Waals surface area contributed by atoms with Gasteiger partial charge in [-0.05, 0) is 20.4 Å². The molecule has 90 valence electrons. The minimum absolute atomic E-state index is 0.494. The van der Waals surface area contributed by atoms with Crippen molar-refractivity contribution in [3.63, 3.8) is 0 Å². The van der Waals surface area contributed by atoms with E-state index in [0.717, 1.165) is 24.2 Å². The normalized spacial score (nSPS) is 10.4. The van der Waals surface area contributed by atoms with E-state index in [-0.39, 0.29) is 0 Å². The van der Waals surface area contributed by atoms with Crippen LogP contribution in [0.1, 0.15) is 37.4 Å². The van der Waals surface area contributed by atoms with Crippen LogP contribution in [-0.2, 0) is 6.54 Å². The van der Waals surface area contributed by atoms with Crippen LogP contribution in [0.15, 0.2) is 6.20 Å². The van der Waals surface area contributed by atoms with Crippen LogP contribution in [0.3, 0.4) is 0 Å². The molecule has 0 radical (unpaired) electrons. The first-order valence-electron chi connectivity index (χ1n) is 5.87. The zero-order chi connectivity index (χ0) is 11.8. The maximum atomic E-state index is 5.48. The molecule has 0 fully saturated rings. The second-order valence-electron chi connectivity index (χ2n) is 3.85. The average molecular weight is 223 g/mol. The van der Waals surface area contributed by atoms with Gasteiger partial charge >= 0.3 is 6.01 Å². The van der Waals surface area contributed by atoms with Crippen molar-refractivity contribution in [1.82, 2.24) is 15.3 Å². The molecule has 1 heterocycles. The summed E-state index contributed by atoms with van der Waals surface area (Å²) in [5.41, 5.74) is 2.10. The summed E-state index contributed by atoms with van der Waals surface area (Å²) in [5.74, 6) is 0. The molecule has 0 aliphatic carbocycles. The number of rotatable bonds is 7. The fraction of sp³-hybridized carbons (Fsp3) is 0.667. The van der Waals surface area contributed by atoms with Crippen LogP contribution in [0.2, 0.25) is 0 Å². The Morgan fingerprint density at radius 2 is 2.19 bits per heavy atom. The smallest absolute Gasteiger partial charge is 0.316 e. The quantitative estimate of drug-likeness (QED) is 0.719. The highest BCUT2D eigenvalue weighted by Gasteiger charge is 2.03. The lowest BCUT2D eigenvalue weighted by Gasteiger charge is -2.07. The van der Waals surface area contributed by atoms with E-state index in [4.69, 9.17) is 4.74 Å². The predicted molar refractivity (Wildman–Crippen MR) is 64.6 cm³/mol. The van der Waals surface area contributed by atoms with Crippen molar-refractivity contribution in [2.24, 2.45) is 0 Å². The van der Waals surface area contributed by atoms with Gasteiger partial charge in [0, 0.05) is 24.0 Å². The van der Waals surface area contributed by atoms with Crippen LogP contribution < -0.4 is 10.1 Å². The van der Waals surface area contributed by atoms with Gasteiger partial charge in [-0.25, -0.2) is 9.97 Å². The first-order valence-corrected chi connectivity index (χ1v) is 5.87. The molecule has 1 N–H and O–H groups in total. The fourth-order valence-electron chi connectivity index (χ4n) is 1.42. The van der Waals surface area contributed by atoms with E-state index in [9.17, 15) is 0 Å². The van der Waals surface area contributed by atoms with Gasteiger partial charge in [-0.2, -0.15) is 0 Å². The van der Waals surface area contributed by atoms with Crippen LogP contribution in [0.5, 0.6) is 6.01 Å². The molecule has 1 aromatic rings. The highest BCUT2D eigenvalue weighted by molar-refractivity contribution is 5.17. The van der Waals surface area contributed by atoms with Crippen molar-refractivity contribution < 1.29 is 4.74 Å². The van der Waals surface area contributed by atoms with E-state index in [0.29, 0.717) is 12.6 Å². The number of hydrogen-bond acceptors (Lipinski definition) is 4. The molecule has 0 amide bonds. The molecule has 16 heavy (non-hydrogen) atoms. The van der Waals surface area contributed by atoms with Gasteiger partial charge in [0.2, 0.25) is 0 Å². The Morgan fingerprint density at radius 3 is 2.81 bits per heavy atom. The Bertz CT molecular complexity index is 315. The highest BCUT2D eigenvalue weighted by atomic mass is 16.5. The molecule has 0 atom stereocenters. The second kappa shape index (κ2) is 7.17. The van der Waals surface area contributed by atoms with Crippen LogP contribution in [0.4, 0.5) is 0 Å². The predicted octanol–water partition coefficient (Wildman–Crippen LogP) is 2.07. The lowest BCUT2D eigenvalue weighted by atomic mass is 10.2. The maximum absolute atomic E-state index is 5.48. The van der Waals surface area contributed by atoms with Gasteiger partial charge in [-0.1, -0.05) is 19.8 Å². The van der Waals surface area contributed by atoms with Crippen LogP contribution >= 0.6 is 0 Å². The van der Waals surface area contributed by atoms with E-state index in [1.165, 1.54) is 12.8 Å². The molecular formula is C12H21N3O. The van der Waals surface area contributed by atoms with Gasteiger partial charge < -0.3 is 10.1 Å². The molecule has 0 bridgehead atoms. The standard InChI is InChI=1S/C12H21N3O/c1-4-5-6-7-16-12-14-9-11(8-13-3)10(2)15-12/h9,13H,4-8H2,1-3H3. The third-order valence-corrected chi connectivity index (χ3v) is 2.41. The van der Waals surface area contributed by atoms with Crippen LogP contribution in [0, 0.1) is 6.92 Å². The Balaban J connectivity index is 2.46. The van der Waals surface area contributed by atoms with Gasteiger partial charge in [0.05, 0.1) is 6.61 Å². The van der Waals surface area contributed by atoms with Gasteiger partial charge in [-0.15, -0.1) is 0 Å². The monoisotopic (exact) mass is 223 g/mol. The zero-order valence-corrected chi connectivity index (χ0v) is 10.4. The molecule has 0 spiro atoms. The Kier molecular flexibility index (Phi) is 5.78. The van der Waals surface area contributed by atoms with E-state index >= 15 is 0 Å². The molecule has 4 heteroatoms. The minimum Gasteiger partial charge on any atom is -0.463 e. The van der Waals surface area contributed by atoms with E-state index < -0.39 is 0 Å². The lowest BCUT2D eigenvalue weighted by Crippen LogP contribution is -2.09. The molecule has 4 nitrogen and oxygen atoms in total. The van der Waals surface area contributed by atoms with Crippen molar-refractivity contribution >= 4 is 0 Å². The van der Waals surface area contributed by atoms with E-state index in [1.54, 1.807) is 0 Å². The van der Waals surface area contributed by atoms with Crippen molar-refractivity contribution in [1.29, 1.82) is 0 Å².